The molecule has 2 aromatic heterocycles. The predicted octanol–water partition coefficient (Wildman–Crippen LogP) is 3.87. The van der Waals surface area contributed by atoms with Gasteiger partial charge in [-0.2, -0.15) is 0 Å². The van der Waals surface area contributed by atoms with Crippen LogP contribution in [0.4, 0.5) is 5.13 Å². The maximum absolute atomic E-state index is 12.5. The zero-order chi connectivity index (χ0) is 19.2. The molecule has 0 atom stereocenters. The van der Waals surface area contributed by atoms with Crippen molar-refractivity contribution in [1.82, 2.24) is 9.97 Å². The van der Waals surface area contributed by atoms with E-state index < -0.39 is 0 Å². The number of rotatable bonds is 6. The Labute approximate surface area is 161 Å². The molecule has 1 aromatic carbocycles. The number of amides is 1. The Morgan fingerprint density at radius 1 is 1.11 bits per heavy atom. The highest BCUT2D eigenvalue weighted by Gasteiger charge is 2.14. The van der Waals surface area contributed by atoms with E-state index in [0.717, 1.165) is 11.3 Å². The second-order valence-corrected chi connectivity index (χ2v) is 6.63. The molecule has 0 fully saturated rings. The monoisotopic (exact) mass is 381 g/mol. The van der Waals surface area contributed by atoms with Crippen LogP contribution in [0.2, 0.25) is 0 Å². The van der Waals surface area contributed by atoms with Crippen LogP contribution in [0.15, 0.2) is 47.8 Å². The van der Waals surface area contributed by atoms with Gasteiger partial charge in [0.05, 0.1) is 35.7 Å². The Bertz CT molecular complexity index is 954. The molecule has 7 heteroatoms. The molecule has 0 bridgehead atoms. The second-order valence-electron chi connectivity index (χ2n) is 5.78. The largest absolute Gasteiger partial charge is 0.466 e. The van der Waals surface area contributed by atoms with Crippen LogP contribution >= 0.6 is 11.3 Å². The van der Waals surface area contributed by atoms with Crippen LogP contribution in [-0.2, 0) is 16.0 Å². The number of hydrogen-bond donors (Lipinski definition) is 1. The fourth-order valence-corrected chi connectivity index (χ4v) is 3.25. The van der Waals surface area contributed by atoms with Gasteiger partial charge in [-0.15, -0.1) is 11.3 Å². The third-order valence-electron chi connectivity index (χ3n) is 3.80. The van der Waals surface area contributed by atoms with Crippen LogP contribution in [0.1, 0.15) is 28.7 Å². The normalized spacial score (nSPS) is 10.4. The van der Waals surface area contributed by atoms with E-state index in [1.807, 2.05) is 36.4 Å². The van der Waals surface area contributed by atoms with E-state index >= 15 is 0 Å². The first-order chi connectivity index (χ1) is 13.1. The van der Waals surface area contributed by atoms with Crippen molar-refractivity contribution in [1.29, 1.82) is 0 Å². The van der Waals surface area contributed by atoms with Crippen molar-refractivity contribution in [2.45, 2.75) is 20.3 Å². The molecule has 0 aliphatic heterocycles. The molecule has 0 saturated heterocycles. The van der Waals surface area contributed by atoms with Gasteiger partial charge in [0.15, 0.2) is 5.13 Å². The first-order valence-electron chi connectivity index (χ1n) is 8.51. The summed E-state index contributed by atoms with van der Waals surface area (Å²) in [6.07, 6.45) is 0.0898. The van der Waals surface area contributed by atoms with E-state index in [4.69, 9.17) is 4.74 Å². The highest BCUT2D eigenvalue weighted by Crippen LogP contribution is 2.21. The van der Waals surface area contributed by atoms with Gasteiger partial charge in [-0.1, -0.05) is 30.3 Å². The lowest BCUT2D eigenvalue weighted by Crippen LogP contribution is -2.14. The molecule has 2 heterocycles. The van der Waals surface area contributed by atoms with E-state index in [9.17, 15) is 9.59 Å². The number of nitrogens with zero attached hydrogens (tertiary/aromatic N) is 2. The zero-order valence-electron chi connectivity index (χ0n) is 15.1. The highest BCUT2D eigenvalue weighted by atomic mass is 32.1. The molecular formula is C20H19N3O3S. The van der Waals surface area contributed by atoms with Gasteiger partial charge in [0, 0.05) is 10.9 Å². The summed E-state index contributed by atoms with van der Waals surface area (Å²) in [5, 5.41) is 4.93. The van der Waals surface area contributed by atoms with Crippen molar-refractivity contribution in [2.24, 2.45) is 0 Å². The molecule has 3 rings (SSSR count). The summed E-state index contributed by atoms with van der Waals surface area (Å²) in [7, 11) is 0. The Hall–Kier alpha value is -3.06. The molecular weight excluding hydrogens is 362 g/mol. The maximum atomic E-state index is 12.5. The Kier molecular flexibility index (Phi) is 5.93. The van der Waals surface area contributed by atoms with Gasteiger partial charge in [0.1, 0.15) is 0 Å². The minimum absolute atomic E-state index is 0.0898. The van der Waals surface area contributed by atoms with E-state index in [1.165, 1.54) is 11.3 Å². The number of nitrogens with one attached hydrogen (secondary N) is 1. The van der Waals surface area contributed by atoms with Gasteiger partial charge >= 0.3 is 5.97 Å². The molecule has 1 amide bonds. The summed E-state index contributed by atoms with van der Waals surface area (Å²) in [5.74, 6) is -0.617. The third kappa shape index (κ3) is 4.77. The van der Waals surface area contributed by atoms with E-state index in [2.05, 4.69) is 15.3 Å². The van der Waals surface area contributed by atoms with Gasteiger partial charge in [0.25, 0.3) is 5.91 Å². The molecule has 0 spiro atoms. The minimum atomic E-state index is -0.336. The number of hydrogen-bond acceptors (Lipinski definition) is 6. The molecule has 0 unspecified atom stereocenters. The van der Waals surface area contributed by atoms with Crippen molar-refractivity contribution < 1.29 is 14.3 Å². The summed E-state index contributed by atoms with van der Waals surface area (Å²) in [5.41, 5.74) is 3.50. The lowest BCUT2D eigenvalue weighted by Gasteiger charge is -2.07. The van der Waals surface area contributed by atoms with Crippen LogP contribution in [0.25, 0.3) is 11.3 Å². The van der Waals surface area contributed by atoms with Crippen molar-refractivity contribution in [3.05, 3.63) is 64.8 Å². The van der Waals surface area contributed by atoms with Crippen molar-refractivity contribution >= 4 is 28.3 Å². The predicted molar refractivity (Wildman–Crippen MR) is 105 cm³/mol. The smallest absolute Gasteiger partial charge is 0.311 e. The minimum Gasteiger partial charge on any atom is -0.466 e. The maximum Gasteiger partial charge on any atom is 0.311 e. The summed E-state index contributed by atoms with van der Waals surface area (Å²) in [6.45, 7) is 3.89. The fourth-order valence-electron chi connectivity index (χ4n) is 2.54. The van der Waals surface area contributed by atoms with E-state index in [-0.39, 0.29) is 18.3 Å². The Balaban J connectivity index is 1.70. The van der Waals surface area contributed by atoms with Crippen molar-refractivity contribution in [3.63, 3.8) is 0 Å². The number of esters is 1. The number of pyridine rings is 1. The number of carbonyl (C=O) groups is 2. The molecule has 0 radical (unpaired) electrons. The van der Waals surface area contributed by atoms with Gasteiger partial charge in [-0.25, -0.2) is 4.98 Å². The van der Waals surface area contributed by atoms with Crippen LogP contribution in [0, 0.1) is 6.92 Å². The van der Waals surface area contributed by atoms with Gasteiger partial charge in [0.2, 0.25) is 0 Å². The molecule has 138 valence electrons. The van der Waals surface area contributed by atoms with Gasteiger partial charge in [-0.3, -0.25) is 19.9 Å². The van der Waals surface area contributed by atoms with Crippen molar-refractivity contribution in [3.8, 4) is 11.3 Å². The second kappa shape index (κ2) is 8.55. The van der Waals surface area contributed by atoms with E-state index in [0.29, 0.717) is 28.7 Å². The topological polar surface area (TPSA) is 81.2 Å². The first kappa shape index (κ1) is 18.7. The van der Waals surface area contributed by atoms with Crippen LogP contribution in [-0.4, -0.2) is 28.5 Å². The summed E-state index contributed by atoms with van der Waals surface area (Å²) >= 11 is 1.27. The van der Waals surface area contributed by atoms with Crippen LogP contribution in [0.5, 0.6) is 0 Å². The van der Waals surface area contributed by atoms with Crippen LogP contribution < -0.4 is 5.32 Å². The summed E-state index contributed by atoms with van der Waals surface area (Å²) in [6, 6.07) is 13.4. The number of anilines is 1. The number of aryl methyl sites for hydroxylation is 1. The lowest BCUT2D eigenvalue weighted by atomic mass is 10.1. The Morgan fingerprint density at radius 2 is 1.89 bits per heavy atom. The molecule has 0 aliphatic carbocycles. The van der Waals surface area contributed by atoms with E-state index in [1.54, 1.807) is 25.3 Å². The molecule has 6 nitrogen and oxygen atoms in total. The van der Waals surface area contributed by atoms with Crippen molar-refractivity contribution in [2.75, 3.05) is 11.9 Å². The Morgan fingerprint density at radius 3 is 2.59 bits per heavy atom. The summed E-state index contributed by atoms with van der Waals surface area (Å²) in [4.78, 5) is 32.8. The summed E-state index contributed by atoms with van der Waals surface area (Å²) < 4.78 is 4.90. The first-order valence-corrected chi connectivity index (χ1v) is 9.39. The number of carbonyl (C=O) groups excluding carboxylic acids is 2. The molecule has 0 saturated carbocycles. The quantitative estimate of drug-likeness (QED) is 0.656. The fraction of sp³-hybridized carbons (Fsp3) is 0.200. The molecule has 3 aromatic rings. The number of benzene rings is 1. The number of aromatic nitrogens is 2. The molecule has 1 N–H and O–H groups in total. The highest BCUT2D eigenvalue weighted by molar-refractivity contribution is 7.14. The molecule has 0 aliphatic rings. The lowest BCUT2D eigenvalue weighted by molar-refractivity contribution is -0.142. The zero-order valence-corrected chi connectivity index (χ0v) is 15.9. The van der Waals surface area contributed by atoms with Gasteiger partial charge in [-0.05, 0) is 26.0 Å². The van der Waals surface area contributed by atoms with Gasteiger partial charge < -0.3 is 4.74 Å². The standard InChI is InChI=1S/C20H19N3O3S/c1-3-26-18(24)11-15-12-27-20(22-15)23-19(25)16-9-10-17(21-13(16)2)14-7-5-4-6-8-14/h4-10,12H,3,11H2,1-2H3,(H,22,23,25). The average molecular weight is 381 g/mol. The van der Waals surface area contributed by atoms with Crippen LogP contribution in [0.3, 0.4) is 0 Å². The molecule has 27 heavy (non-hydrogen) atoms. The average Bonchev–Trinajstić information content (AvgIpc) is 3.09. The number of thiazole rings is 1. The SMILES string of the molecule is CCOC(=O)Cc1csc(NC(=O)c2ccc(-c3ccccc3)nc2C)n1. The third-order valence-corrected chi connectivity index (χ3v) is 4.61. The number of ether oxygens (including phenoxy) is 1.